The van der Waals surface area contributed by atoms with E-state index in [1.165, 1.54) is 5.56 Å². The molecule has 0 bridgehead atoms. The van der Waals surface area contributed by atoms with Crippen LogP contribution in [0.15, 0.2) is 121 Å². The maximum absolute atomic E-state index is 5.26. The van der Waals surface area contributed by atoms with Gasteiger partial charge >= 0.3 is 0 Å². The van der Waals surface area contributed by atoms with E-state index in [1.807, 2.05) is 24.3 Å². The molecule has 0 spiro atoms. The summed E-state index contributed by atoms with van der Waals surface area (Å²) < 4.78 is 10.5. The lowest BCUT2D eigenvalue weighted by Crippen LogP contribution is -2.09. The zero-order valence-corrected chi connectivity index (χ0v) is 23.1. The van der Waals surface area contributed by atoms with Crippen LogP contribution in [-0.4, -0.2) is 14.2 Å². The number of ether oxygens (including phenoxy) is 2. The molecule has 0 aliphatic heterocycles. The first kappa shape index (κ1) is 26.6. The molecular weight excluding hydrogens is 490 g/mol. The summed E-state index contributed by atoms with van der Waals surface area (Å²) >= 11 is 0. The van der Waals surface area contributed by atoms with Gasteiger partial charge in [0.1, 0.15) is 11.5 Å². The molecule has 0 fully saturated rings. The Morgan fingerprint density at radius 3 is 0.975 bits per heavy atom. The molecule has 3 nitrogen and oxygen atoms in total. The van der Waals surface area contributed by atoms with Crippen LogP contribution in [0.5, 0.6) is 11.5 Å². The van der Waals surface area contributed by atoms with Gasteiger partial charge in [-0.2, -0.15) is 0 Å². The fraction of sp³-hybridized carbons (Fsp3) is 0.0811. The van der Waals surface area contributed by atoms with Crippen LogP contribution in [0.25, 0.3) is 24.3 Å². The van der Waals surface area contributed by atoms with Crippen LogP contribution in [0.1, 0.15) is 27.8 Å². The molecule has 0 heterocycles. The van der Waals surface area contributed by atoms with Gasteiger partial charge in [-0.3, -0.25) is 0 Å². The molecule has 5 rings (SSSR count). The van der Waals surface area contributed by atoms with Crippen LogP contribution in [0.4, 0.5) is 17.1 Å². The van der Waals surface area contributed by atoms with Gasteiger partial charge in [-0.1, -0.05) is 90.5 Å². The summed E-state index contributed by atoms with van der Waals surface area (Å²) in [6, 6.07) is 42.1. The highest BCUT2D eigenvalue weighted by Gasteiger charge is 2.12. The number of benzene rings is 5. The Morgan fingerprint density at radius 1 is 0.400 bits per heavy atom. The first-order valence-corrected chi connectivity index (χ1v) is 13.3. The third-order valence-corrected chi connectivity index (χ3v) is 6.76. The summed E-state index contributed by atoms with van der Waals surface area (Å²) in [7, 11) is 3.36. The minimum Gasteiger partial charge on any atom is -0.497 e. The van der Waals surface area contributed by atoms with Gasteiger partial charge < -0.3 is 14.4 Å². The number of aryl methyl sites for hydroxylation is 1. The molecule has 0 aliphatic carbocycles. The average molecular weight is 524 g/mol. The van der Waals surface area contributed by atoms with E-state index in [4.69, 9.17) is 9.47 Å². The van der Waals surface area contributed by atoms with Crippen LogP contribution in [-0.2, 0) is 0 Å². The quantitative estimate of drug-likeness (QED) is 0.179. The monoisotopic (exact) mass is 523 g/mol. The first-order valence-electron chi connectivity index (χ1n) is 13.3. The summed E-state index contributed by atoms with van der Waals surface area (Å²) in [4.78, 5) is 2.29. The molecule has 0 aromatic heterocycles. The number of hydrogen-bond donors (Lipinski definition) is 0. The molecule has 0 atom stereocenters. The summed E-state index contributed by atoms with van der Waals surface area (Å²) in [5, 5.41) is 0. The van der Waals surface area contributed by atoms with Gasteiger partial charge in [-0.05, 0) is 89.8 Å². The van der Waals surface area contributed by atoms with Crippen molar-refractivity contribution in [3.63, 3.8) is 0 Å². The number of methoxy groups -OCH3 is 2. The summed E-state index contributed by atoms with van der Waals surface area (Å²) in [6.45, 7) is 2.11. The predicted molar refractivity (Wildman–Crippen MR) is 170 cm³/mol. The number of hydrogen-bond acceptors (Lipinski definition) is 3. The molecule has 0 unspecified atom stereocenters. The molecule has 0 saturated carbocycles. The molecule has 0 aliphatic rings. The average Bonchev–Trinajstić information content (AvgIpc) is 3.02. The SMILES string of the molecule is COc1ccc(C=Cc2ccc(N(c3ccc(C)cc3)c3ccc(C=Cc4ccc(OC)cc4)cc3)cc2)cc1. The zero-order valence-electron chi connectivity index (χ0n) is 23.1. The minimum absolute atomic E-state index is 0.860. The van der Waals surface area contributed by atoms with E-state index in [0.717, 1.165) is 50.8 Å². The van der Waals surface area contributed by atoms with Crippen molar-refractivity contribution in [3.8, 4) is 11.5 Å². The second-order valence-corrected chi connectivity index (χ2v) is 9.57. The molecule has 0 N–H and O–H groups in total. The van der Waals surface area contributed by atoms with E-state index in [-0.39, 0.29) is 0 Å². The minimum atomic E-state index is 0.860. The Hall–Kier alpha value is -5.02. The third kappa shape index (κ3) is 6.69. The Labute approximate surface area is 237 Å². The Morgan fingerprint density at radius 2 is 0.675 bits per heavy atom. The molecule has 3 heteroatoms. The first-order chi connectivity index (χ1) is 19.6. The molecule has 5 aromatic rings. The van der Waals surface area contributed by atoms with Crippen LogP contribution >= 0.6 is 0 Å². The lowest BCUT2D eigenvalue weighted by Gasteiger charge is -2.26. The lowest BCUT2D eigenvalue weighted by atomic mass is 10.1. The van der Waals surface area contributed by atoms with Crippen molar-refractivity contribution in [2.45, 2.75) is 6.92 Å². The predicted octanol–water partition coefficient (Wildman–Crippen LogP) is 9.82. The van der Waals surface area contributed by atoms with Crippen LogP contribution in [0.2, 0.25) is 0 Å². The van der Waals surface area contributed by atoms with E-state index in [1.54, 1.807) is 14.2 Å². The molecule has 0 saturated heterocycles. The molecule has 0 radical (unpaired) electrons. The molecule has 198 valence electrons. The second kappa shape index (κ2) is 12.7. The summed E-state index contributed by atoms with van der Waals surface area (Å²) in [6.07, 6.45) is 8.49. The topological polar surface area (TPSA) is 21.7 Å². The largest absolute Gasteiger partial charge is 0.497 e. The van der Waals surface area contributed by atoms with E-state index in [2.05, 4.69) is 133 Å². The van der Waals surface area contributed by atoms with Crippen molar-refractivity contribution in [2.75, 3.05) is 19.1 Å². The van der Waals surface area contributed by atoms with Crippen LogP contribution < -0.4 is 14.4 Å². The highest BCUT2D eigenvalue weighted by molar-refractivity contribution is 5.79. The summed E-state index contributed by atoms with van der Waals surface area (Å²) in [5.74, 6) is 1.72. The molecular formula is C37H33NO2. The van der Waals surface area contributed by atoms with Gasteiger partial charge in [-0.25, -0.2) is 0 Å². The van der Waals surface area contributed by atoms with Crippen LogP contribution in [0.3, 0.4) is 0 Å². The maximum Gasteiger partial charge on any atom is 0.118 e. The van der Waals surface area contributed by atoms with Crippen LogP contribution in [0, 0.1) is 6.92 Å². The van der Waals surface area contributed by atoms with Gasteiger partial charge in [-0.15, -0.1) is 0 Å². The number of anilines is 3. The van der Waals surface area contributed by atoms with Crippen molar-refractivity contribution in [1.82, 2.24) is 0 Å². The standard InChI is InChI=1S/C37H33NO2/c1-28-4-18-33(19-5-28)38(34-20-10-29(11-21-34)6-8-31-14-24-36(39-2)25-15-31)35-22-12-30(13-23-35)7-9-32-16-26-37(40-3)27-17-32/h4-27H,1-3H3. The molecule has 0 amide bonds. The number of nitrogens with zero attached hydrogens (tertiary/aromatic N) is 1. The van der Waals surface area contributed by atoms with Gasteiger partial charge in [0.25, 0.3) is 0 Å². The van der Waals surface area contributed by atoms with Gasteiger partial charge in [0.2, 0.25) is 0 Å². The fourth-order valence-corrected chi connectivity index (χ4v) is 4.42. The normalized spacial score (nSPS) is 11.2. The van der Waals surface area contributed by atoms with Gasteiger partial charge in [0.05, 0.1) is 14.2 Å². The smallest absolute Gasteiger partial charge is 0.118 e. The van der Waals surface area contributed by atoms with E-state index in [0.29, 0.717) is 0 Å². The number of rotatable bonds is 9. The Balaban J connectivity index is 1.37. The summed E-state index contributed by atoms with van der Waals surface area (Å²) in [5.41, 5.74) is 9.11. The van der Waals surface area contributed by atoms with Gasteiger partial charge in [0, 0.05) is 17.1 Å². The van der Waals surface area contributed by atoms with E-state index in [9.17, 15) is 0 Å². The van der Waals surface area contributed by atoms with Crippen molar-refractivity contribution in [1.29, 1.82) is 0 Å². The lowest BCUT2D eigenvalue weighted by molar-refractivity contribution is 0.414. The molecule has 40 heavy (non-hydrogen) atoms. The van der Waals surface area contributed by atoms with Gasteiger partial charge in [0.15, 0.2) is 0 Å². The van der Waals surface area contributed by atoms with Crippen molar-refractivity contribution in [2.24, 2.45) is 0 Å². The van der Waals surface area contributed by atoms with Crippen molar-refractivity contribution >= 4 is 41.4 Å². The van der Waals surface area contributed by atoms with Crippen molar-refractivity contribution in [3.05, 3.63) is 149 Å². The maximum atomic E-state index is 5.26. The van der Waals surface area contributed by atoms with E-state index < -0.39 is 0 Å². The zero-order chi connectivity index (χ0) is 27.7. The third-order valence-electron chi connectivity index (χ3n) is 6.76. The highest BCUT2D eigenvalue weighted by Crippen LogP contribution is 2.35. The Kier molecular flexibility index (Phi) is 8.43. The Bertz CT molecular complexity index is 1460. The van der Waals surface area contributed by atoms with E-state index >= 15 is 0 Å². The second-order valence-electron chi connectivity index (χ2n) is 9.57. The highest BCUT2D eigenvalue weighted by atomic mass is 16.5. The molecule has 5 aromatic carbocycles. The van der Waals surface area contributed by atoms with Crippen molar-refractivity contribution < 1.29 is 9.47 Å². The fourth-order valence-electron chi connectivity index (χ4n) is 4.42.